The highest BCUT2D eigenvalue weighted by molar-refractivity contribution is 7.18. The number of aryl methyl sites for hydroxylation is 1. The van der Waals surface area contributed by atoms with Gasteiger partial charge in [0.15, 0.2) is 0 Å². The zero-order chi connectivity index (χ0) is 18.1. The molecule has 0 aliphatic heterocycles. The fourth-order valence-corrected chi connectivity index (χ4v) is 4.84. The summed E-state index contributed by atoms with van der Waals surface area (Å²) < 4.78 is 0. The number of nitrogens with zero attached hydrogens (tertiary/aromatic N) is 1. The molecule has 1 aliphatic rings. The Morgan fingerprint density at radius 2 is 2.08 bits per heavy atom. The van der Waals surface area contributed by atoms with E-state index in [1.54, 1.807) is 11.3 Å². The monoisotopic (exact) mass is 360 g/mol. The summed E-state index contributed by atoms with van der Waals surface area (Å²) in [6.07, 6.45) is 8.14. The molecule has 0 atom stereocenters. The first-order valence-electron chi connectivity index (χ1n) is 9.36. The first kappa shape index (κ1) is 17.2. The van der Waals surface area contributed by atoms with Crippen LogP contribution < -0.4 is 0 Å². The highest BCUT2D eigenvalue weighted by Gasteiger charge is 2.17. The third-order valence-corrected chi connectivity index (χ3v) is 6.17. The van der Waals surface area contributed by atoms with Gasteiger partial charge in [-0.15, -0.1) is 11.3 Å². The quantitative estimate of drug-likeness (QED) is 0.543. The lowest BCUT2D eigenvalue weighted by Crippen LogP contribution is -1.99. The van der Waals surface area contributed by atoms with Crippen molar-refractivity contribution in [2.75, 3.05) is 0 Å². The number of fused-ring (bicyclic) bond motifs is 1. The van der Waals surface area contributed by atoms with E-state index < -0.39 is 0 Å². The van der Waals surface area contributed by atoms with Gasteiger partial charge in [-0.3, -0.25) is 0 Å². The second kappa shape index (κ2) is 7.16. The third-order valence-electron chi connectivity index (χ3n) is 5.09. The maximum Gasteiger partial charge on any atom is 0.123 e. The molecule has 0 fully saturated rings. The molecule has 0 unspecified atom stereocenters. The Bertz CT molecular complexity index is 953. The molecule has 26 heavy (non-hydrogen) atoms. The standard InChI is InChI=1S/C23H24N2S/c1-15(2)11-17-9-10-18(12-19(17)13-24)23-25-14-22(26-23)21-8-4-6-16-5-3-7-20(16)21/h4,6,8-10,12-15,24H,3,5,7,11H2,1-2H3. The van der Waals surface area contributed by atoms with Crippen LogP contribution in [0.3, 0.4) is 0 Å². The van der Waals surface area contributed by atoms with Gasteiger partial charge in [-0.2, -0.15) is 0 Å². The van der Waals surface area contributed by atoms with Crippen molar-refractivity contribution < 1.29 is 0 Å². The Morgan fingerprint density at radius 1 is 1.19 bits per heavy atom. The van der Waals surface area contributed by atoms with E-state index in [4.69, 9.17) is 10.4 Å². The van der Waals surface area contributed by atoms with Crippen LogP contribution >= 0.6 is 11.3 Å². The summed E-state index contributed by atoms with van der Waals surface area (Å²) in [5.74, 6) is 0.589. The Hall–Kier alpha value is -2.26. The van der Waals surface area contributed by atoms with Gasteiger partial charge in [-0.25, -0.2) is 4.98 Å². The zero-order valence-corrected chi connectivity index (χ0v) is 16.2. The second-order valence-corrected chi connectivity index (χ2v) is 8.51. The third kappa shape index (κ3) is 3.24. The average molecular weight is 361 g/mol. The van der Waals surface area contributed by atoms with Gasteiger partial charge in [0, 0.05) is 18.0 Å². The Labute approximate surface area is 159 Å². The molecule has 2 aromatic carbocycles. The van der Waals surface area contributed by atoms with E-state index in [-0.39, 0.29) is 0 Å². The van der Waals surface area contributed by atoms with Crippen LogP contribution in [0.1, 0.15) is 42.5 Å². The fraction of sp³-hybridized carbons (Fsp3) is 0.304. The van der Waals surface area contributed by atoms with E-state index in [0.717, 1.165) is 22.6 Å². The minimum atomic E-state index is 0.589. The van der Waals surface area contributed by atoms with Crippen LogP contribution in [0.15, 0.2) is 42.6 Å². The van der Waals surface area contributed by atoms with Crippen LogP contribution in [0.25, 0.3) is 21.0 Å². The molecule has 2 nitrogen and oxygen atoms in total. The molecule has 4 rings (SSSR count). The molecule has 3 heteroatoms. The molecule has 1 N–H and O–H groups in total. The highest BCUT2D eigenvalue weighted by atomic mass is 32.1. The number of benzene rings is 2. The summed E-state index contributed by atoms with van der Waals surface area (Å²) in [6.45, 7) is 4.43. The predicted octanol–water partition coefficient (Wildman–Crippen LogP) is 6.16. The molecular weight excluding hydrogens is 336 g/mol. The van der Waals surface area contributed by atoms with E-state index >= 15 is 0 Å². The molecule has 0 saturated carbocycles. The maximum atomic E-state index is 7.77. The van der Waals surface area contributed by atoms with Gasteiger partial charge in [0.1, 0.15) is 5.01 Å². The van der Waals surface area contributed by atoms with Crippen LogP contribution in [0.4, 0.5) is 0 Å². The topological polar surface area (TPSA) is 36.7 Å². The lowest BCUT2D eigenvalue weighted by molar-refractivity contribution is 0.647. The van der Waals surface area contributed by atoms with Crippen molar-refractivity contribution in [3.63, 3.8) is 0 Å². The van der Waals surface area contributed by atoms with Gasteiger partial charge in [0.25, 0.3) is 0 Å². The minimum absolute atomic E-state index is 0.589. The SMILES string of the molecule is CC(C)Cc1ccc(-c2ncc(-c3cccc4c3CCC4)s2)cc1C=N. The van der Waals surface area contributed by atoms with E-state index in [0.29, 0.717) is 5.92 Å². The highest BCUT2D eigenvalue weighted by Crippen LogP contribution is 2.38. The lowest BCUT2D eigenvalue weighted by atomic mass is 9.97. The van der Waals surface area contributed by atoms with Crippen molar-refractivity contribution in [1.29, 1.82) is 5.41 Å². The van der Waals surface area contributed by atoms with Gasteiger partial charge >= 0.3 is 0 Å². The van der Waals surface area contributed by atoms with Gasteiger partial charge in [0.05, 0.1) is 4.88 Å². The maximum absolute atomic E-state index is 7.77. The smallest absolute Gasteiger partial charge is 0.123 e. The van der Waals surface area contributed by atoms with Crippen LogP contribution in [-0.4, -0.2) is 11.2 Å². The van der Waals surface area contributed by atoms with Gasteiger partial charge in [-0.1, -0.05) is 44.2 Å². The molecule has 1 aliphatic carbocycles. The van der Waals surface area contributed by atoms with E-state index in [2.05, 4.69) is 50.2 Å². The van der Waals surface area contributed by atoms with Gasteiger partial charge < -0.3 is 5.41 Å². The van der Waals surface area contributed by atoms with Gasteiger partial charge in [0.2, 0.25) is 0 Å². The Kier molecular flexibility index (Phi) is 4.73. The number of thiazole rings is 1. The lowest BCUT2D eigenvalue weighted by Gasteiger charge is -2.09. The average Bonchev–Trinajstić information content (AvgIpc) is 3.30. The Balaban J connectivity index is 1.69. The fourth-order valence-electron chi connectivity index (χ4n) is 3.87. The van der Waals surface area contributed by atoms with Crippen LogP contribution in [0.2, 0.25) is 0 Å². The summed E-state index contributed by atoms with van der Waals surface area (Å²) in [7, 11) is 0. The number of nitrogens with one attached hydrogen (secondary N) is 1. The zero-order valence-electron chi connectivity index (χ0n) is 15.4. The number of hydrogen-bond donors (Lipinski definition) is 1. The van der Waals surface area contributed by atoms with Crippen molar-refractivity contribution in [1.82, 2.24) is 4.98 Å². The largest absolute Gasteiger partial charge is 0.308 e. The van der Waals surface area contributed by atoms with E-state index in [1.165, 1.54) is 52.6 Å². The van der Waals surface area contributed by atoms with Crippen molar-refractivity contribution in [3.05, 3.63) is 64.8 Å². The molecule has 0 amide bonds. The van der Waals surface area contributed by atoms with E-state index in [1.807, 2.05) is 6.20 Å². The molecule has 1 aromatic heterocycles. The normalized spacial score (nSPS) is 13.2. The molecular formula is C23H24N2S. The first-order chi connectivity index (χ1) is 12.7. The Morgan fingerprint density at radius 3 is 2.88 bits per heavy atom. The van der Waals surface area contributed by atoms with Crippen LogP contribution in [0.5, 0.6) is 0 Å². The minimum Gasteiger partial charge on any atom is -0.308 e. The molecule has 0 saturated heterocycles. The first-order valence-corrected chi connectivity index (χ1v) is 10.2. The molecule has 1 heterocycles. The van der Waals surface area contributed by atoms with Crippen molar-refractivity contribution in [2.24, 2.45) is 5.92 Å². The van der Waals surface area contributed by atoms with Crippen molar-refractivity contribution in [3.8, 4) is 21.0 Å². The van der Waals surface area contributed by atoms with Gasteiger partial charge in [-0.05, 0) is 65.5 Å². The summed E-state index contributed by atoms with van der Waals surface area (Å²) in [5, 5.41) is 8.81. The predicted molar refractivity (Wildman–Crippen MR) is 111 cm³/mol. The van der Waals surface area contributed by atoms with Crippen LogP contribution in [-0.2, 0) is 19.3 Å². The molecule has 0 spiro atoms. The number of rotatable bonds is 5. The second-order valence-electron chi connectivity index (χ2n) is 7.48. The van der Waals surface area contributed by atoms with Crippen molar-refractivity contribution >= 4 is 17.6 Å². The number of hydrogen-bond acceptors (Lipinski definition) is 3. The molecule has 0 bridgehead atoms. The summed E-state index contributed by atoms with van der Waals surface area (Å²) >= 11 is 1.76. The van der Waals surface area contributed by atoms with Crippen LogP contribution in [0, 0.1) is 11.3 Å². The van der Waals surface area contributed by atoms with E-state index in [9.17, 15) is 0 Å². The molecule has 132 valence electrons. The van der Waals surface area contributed by atoms with Crippen molar-refractivity contribution in [2.45, 2.75) is 39.5 Å². The molecule has 0 radical (unpaired) electrons. The summed E-state index contributed by atoms with van der Waals surface area (Å²) in [6, 6.07) is 13.1. The summed E-state index contributed by atoms with van der Waals surface area (Å²) in [4.78, 5) is 5.95. The molecule has 3 aromatic rings. The number of aromatic nitrogens is 1. The summed E-state index contributed by atoms with van der Waals surface area (Å²) in [5.41, 5.74) is 7.73.